The molecule has 0 spiro atoms. The van der Waals surface area contributed by atoms with Crippen LogP contribution in [0, 0.1) is 0 Å². The van der Waals surface area contributed by atoms with Gasteiger partial charge in [0.2, 0.25) is 0 Å². The van der Waals surface area contributed by atoms with E-state index in [1.165, 1.54) is 4.90 Å². The Labute approximate surface area is 167 Å². The third-order valence-electron chi connectivity index (χ3n) is 5.05. The Hall–Kier alpha value is -3.39. The quantitative estimate of drug-likeness (QED) is 0.618. The number of hydrogen-bond donors (Lipinski definition) is 1. The average Bonchev–Trinajstić information content (AvgIpc) is 3.12. The maximum atomic E-state index is 12.6. The molecule has 2 aliphatic heterocycles. The van der Waals surface area contributed by atoms with Gasteiger partial charge in [-0.2, -0.15) is 0 Å². The van der Waals surface area contributed by atoms with Gasteiger partial charge in [-0.15, -0.1) is 0 Å². The first-order chi connectivity index (χ1) is 14.0. The molecule has 2 aromatic carbocycles. The number of esters is 2. The molecule has 2 saturated heterocycles. The van der Waals surface area contributed by atoms with Gasteiger partial charge < -0.3 is 19.9 Å². The second-order valence-corrected chi connectivity index (χ2v) is 6.93. The summed E-state index contributed by atoms with van der Waals surface area (Å²) in [6.07, 6.45) is -2.41. The van der Waals surface area contributed by atoms with Gasteiger partial charge in [-0.25, -0.2) is 14.4 Å². The molecule has 2 heterocycles. The van der Waals surface area contributed by atoms with Gasteiger partial charge >= 0.3 is 18.0 Å². The van der Waals surface area contributed by atoms with Gasteiger partial charge in [0.05, 0.1) is 17.2 Å². The van der Waals surface area contributed by atoms with Crippen molar-refractivity contribution in [2.75, 3.05) is 13.2 Å². The summed E-state index contributed by atoms with van der Waals surface area (Å²) in [5, 5.41) is 0. The molecule has 0 radical (unpaired) electrons. The van der Waals surface area contributed by atoms with E-state index in [4.69, 9.17) is 19.9 Å². The minimum absolute atomic E-state index is 0.0255. The molecular weight excluding hydrogens is 376 g/mol. The molecule has 2 aliphatic rings. The highest BCUT2D eigenvalue weighted by molar-refractivity contribution is 5.90. The monoisotopic (exact) mass is 396 g/mol. The third kappa shape index (κ3) is 3.79. The fourth-order valence-electron chi connectivity index (χ4n) is 3.57. The number of cyclic esters (lactones) is 1. The number of nitrogens with two attached hydrogens (primary N) is 1. The summed E-state index contributed by atoms with van der Waals surface area (Å²) in [5.41, 5.74) is 6.91. The lowest BCUT2D eigenvalue weighted by molar-refractivity contribution is -0.0859. The number of piperidine rings is 1. The van der Waals surface area contributed by atoms with Crippen LogP contribution in [-0.4, -0.2) is 60.4 Å². The largest absolute Gasteiger partial charge is 0.453 e. The van der Waals surface area contributed by atoms with E-state index in [2.05, 4.69) is 0 Å². The molecule has 29 heavy (non-hydrogen) atoms. The van der Waals surface area contributed by atoms with Crippen LogP contribution in [0.5, 0.6) is 0 Å². The Morgan fingerprint density at radius 3 is 1.97 bits per heavy atom. The number of fused-ring (bicyclic) bond motifs is 1. The van der Waals surface area contributed by atoms with E-state index >= 15 is 0 Å². The van der Waals surface area contributed by atoms with E-state index in [1.807, 2.05) is 0 Å². The van der Waals surface area contributed by atoms with E-state index in [9.17, 15) is 14.4 Å². The van der Waals surface area contributed by atoms with Crippen LogP contribution in [-0.2, 0) is 14.2 Å². The van der Waals surface area contributed by atoms with Crippen LogP contribution < -0.4 is 5.73 Å². The second-order valence-electron chi connectivity index (χ2n) is 6.93. The molecule has 2 aromatic rings. The van der Waals surface area contributed by atoms with Crippen molar-refractivity contribution in [2.45, 2.75) is 24.3 Å². The maximum absolute atomic E-state index is 12.6. The fourth-order valence-corrected chi connectivity index (χ4v) is 3.57. The van der Waals surface area contributed by atoms with Crippen LogP contribution in [0.4, 0.5) is 4.79 Å². The highest BCUT2D eigenvalue weighted by Gasteiger charge is 2.52. The lowest BCUT2D eigenvalue weighted by Crippen LogP contribution is -2.65. The molecule has 0 aromatic heterocycles. The molecule has 8 heteroatoms. The number of carbonyl (C=O) groups is 3. The van der Waals surface area contributed by atoms with Crippen molar-refractivity contribution in [3.05, 3.63) is 71.8 Å². The fraction of sp³-hybridized carbons (Fsp3) is 0.286. The molecule has 2 N–H and O–H groups in total. The first-order valence-electron chi connectivity index (χ1n) is 9.25. The maximum Gasteiger partial charge on any atom is 0.410 e. The lowest BCUT2D eigenvalue weighted by atomic mass is 9.93. The topological polar surface area (TPSA) is 108 Å². The summed E-state index contributed by atoms with van der Waals surface area (Å²) in [4.78, 5) is 38.7. The van der Waals surface area contributed by atoms with Gasteiger partial charge in [-0.1, -0.05) is 36.4 Å². The Kier molecular flexibility index (Phi) is 5.18. The number of rotatable bonds is 4. The molecule has 150 valence electrons. The van der Waals surface area contributed by atoms with Gasteiger partial charge in [0.15, 0.2) is 12.2 Å². The molecule has 8 nitrogen and oxygen atoms in total. The summed E-state index contributed by atoms with van der Waals surface area (Å²) >= 11 is 0. The van der Waals surface area contributed by atoms with Crippen LogP contribution in [0.15, 0.2) is 60.7 Å². The number of ether oxygens (including phenoxy) is 3. The first kappa shape index (κ1) is 18.9. The van der Waals surface area contributed by atoms with Crippen LogP contribution >= 0.6 is 0 Å². The standard InChI is InChI=1S/C21H20N2O6/c22-15-11-23-16(12-27-21(23)26)18(29-20(25)14-9-5-2-6-10-14)17(15)28-19(24)13-7-3-1-4-8-13/h1-10,15-18H,11-12,22H2/t15-,16+,17+,18-/m0/s1. The zero-order chi connectivity index (χ0) is 20.4. The zero-order valence-corrected chi connectivity index (χ0v) is 15.5. The highest BCUT2D eigenvalue weighted by Crippen LogP contribution is 2.29. The molecule has 0 aliphatic carbocycles. The summed E-state index contributed by atoms with van der Waals surface area (Å²) in [6.45, 7) is 0.160. The Morgan fingerprint density at radius 2 is 1.41 bits per heavy atom. The van der Waals surface area contributed by atoms with E-state index in [1.54, 1.807) is 60.7 Å². The first-order valence-corrected chi connectivity index (χ1v) is 9.25. The van der Waals surface area contributed by atoms with Gasteiger partial charge in [0, 0.05) is 6.54 Å². The smallest absolute Gasteiger partial charge is 0.410 e. The van der Waals surface area contributed by atoms with Gasteiger partial charge in [0.25, 0.3) is 0 Å². The van der Waals surface area contributed by atoms with Crippen molar-refractivity contribution in [1.82, 2.24) is 4.90 Å². The molecular formula is C21H20N2O6. The van der Waals surface area contributed by atoms with Gasteiger partial charge in [-0.3, -0.25) is 4.90 Å². The minimum atomic E-state index is -0.953. The summed E-state index contributed by atoms with van der Waals surface area (Å²) in [7, 11) is 0. The van der Waals surface area contributed by atoms with Crippen LogP contribution in [0.25, 0.3) is 0 Å². The molecule has 4 atom stereocenters. The van der Waals surface area contributed by atoms with Crippen molar-refractivity contribution in [1.29, 1.82) is 0 Å². The average molecular weight is 396 g/mol. The highest BCUT2D eigenvalue weighted by atomic mass is 16.6. The zero-order valence-electron chi connectivity index (χ0n) is 15.5. The van der Waals surface area contributed by atoms with Crippen molar-refractivity contribution >= 4 is 18.0 Å². The predicted molar refractivity (Wildman–Crippen MR) is 101 cm³/mol. The van der Waals surface area contributed by atoms with Crippen LogP contribution in [0.2, 0.25) is 0 Å². The van der Waals surface area contributed by atoms with Crippen molar-refractivity contribution in [3.63, 3.8) is 0 Å². The molecule has 4 rings (SSSR count). The molecule has 1 amide bonds. The number of benzene rings is 2. The third-order valence-corrected chi connectivity index (χ3v) is 5.05. The van der Waals surface area contributed by atoms with Crippen molar-refractivity contribution in [2.24, 2.45) is 5.73 Å². The van der Waals surface area contributed by atoms with Gasteiger partial charge in [-0.05, 0) is 24.3 Å². The molecule has 0 saturated carbocycles. The van der Waals surface area contributed by atoms with E-state index in [-0.39, 0.29) is 13.2 Å². The normalized spacial score (nSPS) is 25.7. The Balaban J connectivity index is 1.59. The number of hydrogen-bond acceptors (Lipinski definition) is 7. The lowest BCUT2D eigenvalue weighted by Gasteiger charge is -2.42. The van der Waals surface area contributed by atoms with E-state index in [0.717, 1.165) is 0 Å². The van der Waals surface area contributed by atoms with Crippen LogP contribution in [0.1, 0.15) is 20.7 Å². The summed E-state index contributed by atoms with van der Waals surface area (Å²) in [6, 6.07) is 15.6. The van der Waals surface area contributed by atoms with Crippen LogP contribution in [0.3, 0.4) is 0 Å². The molecule has 0 bridgehead atoms. The Bertz CT molecular complexity index is 904. The molecule has 0 unspecified atom stereocenters. The Morgan fingerprint density at radius 1 is 0.897 bits per heavy atom. The summed E-state index contributed by atoms with van der Waals surface area (Å²) < 4.78 is 16.4. The molecule has 2 fully saturated rings. The number of amides is 1. The number of nitrogens with zero attached hydrogens (tertiary/aromatic N) is 1. The van der Waals surface area contributed by atoms with Crippen molar-refractivity contribution in [3.8, 4) is 0 Å². The second kappa shape index (κ2) is 7.92. The van der Waals surface area contributed by atoms with E-state index in [0.29, 0.717) is 11.1 Å². The predicted octanol–water partition coefficient (Wildman–Crippen LogP) is 1.60. The van der Waals surface area contributed by atoms with Gasteiger partial charge in [0.1, 0.15) is 12.6 Å². The number of carbonyl (C=O) groups excluding carboxylic acids is 3. The van der Waals surface area contributed by atoms with E-state index < -0.39 is 42.3 Å². The van der Waals surface area contributed by atoms with Crippen molar-refractivity contribution < 1.29 is 28.6 Å². The SMILES string of the molecule is N[C@H]1CN2C(=O)OC[C@@H]2[C@H](OC(=O)c2ccccc2)[C@@H]1OC(=O)c1ccccc1. The summed E-state index contributed by atoms with van der Waals surface area (Å²) in [5.74, 6) is -1.17. The minimum Gasteiger partial charge on any atom is -0.453 e.